The Hall–Kier alpha value is -1.91. The first-order chi connectivity index (χ1) is 16.0. The fraction of sp³-hybridized carbons (Fsp3) is 0.621. The highest BCUT2D eigenvalue weighted by Gasteiger charge is 2.24. The second-order valence-corrected chi connectivity index (χ2v) is 10.9. The maximum absolute atomic E-state index is 11.2. The predicted octanol–water partition coefficient (Wildman–Crippen LogP) is 6.16. The molecule has 1 aliphatic heterocycles. The number of likely N-dealkylation sites (tertiary alicyclic amines) is 1. The Balaban J connectivity index is 1.26. The van der Waals surface area contributed by atoms with E-state index in [0.29, 0.717) is 5.92 Å². The molecule has 1 aliphatic carbocycles. The number of nitrogens with zero attached hydrogens (tertiary/aromatic N) is 1. The summed E-state index contributed by atoms with van der Waals surface area (Å²) in [5.41, 5.74) is 2.78. The molecule has 2 aliphatic rings. The van der Waals surface area contributed by atoms with E-state index in [2.05, 4.69) is 55.1 Å². The minimum atomic E-state index is -0.639. The van der Waals surface area contributed by atoms with Crippen molar-refractivity contribution in [3.8, 4) is 0 Å². The van der Waals surface area contributed by atoms with Gasteiger partial charge in [0.05, 0.1) is 5.92 Å². The molecule has 4 heteroatoms. The Morgan fingerprint density at radius 2 is 1.55 bits per heavy atom. The number of carboxylic acid groups (broad SMARTS) is 1. The van der Waals surface area contributed by atoms with Crippen LogP contribution in [0, 0.1) is 23.7 Å². The van der Waals surface area contributed by atoms with Crippen LogP contribution in [-0.4, -0.2) is 42.3 Å². The molecule has 2 aromatic carbocycles. The lowest BCUT2D eigenvalue weighted by Gasteiger charge is -2.30. The quantitative estimate of drug-likeness (QED) is 0.496. The zero-order valence-corrected chi connectivity index (χ0v) is 20.5. The summed E-state index contributed by atoms with van der Waals surface area (Å²) >= 11 is 0. The van der Waals surface area contributed by atoms with Crippen LogP contribution in [0.5, 0.6) is 0 Å². The number of ether oxygens (including phenoxy) is 1. The summed E-state index contributed by atoms with van der Waals surface area (Å²) in [5.74, 6) is 1.38. The standard InChI is InChI=1S/C29H41NO3/c1-21(2)19-33-20-23-5-3-22(4-6-23)15-24-7-9-28-17-25(8-10-27(28)16-24)18-30-13-11-26(12-14-30)29(31)32/h7-10,16-17,21-23,26H,3-6,11-15,18-20H2,1-2H3,(H,31,32)/t22-,23-. The number of hydrogen-bond acceptors (Lipinski definition) is 3. The Labute approximate surface area is 199 Å². The number of carboxylic acids is 1. The van der Waals surface area contributed by atoms with E-state index >= 15 is 0 Å². The van der Waals surface area contributed by atoms with E-state index in [-0.39, 0.29) is 5.92 Å². The van der Waals surface area contributed by atoms with Crippen molar-refractivity contribution in [3.05, 3.63) is 47.5 Å². The minimum absolute atomic E-state index is 0.162. The van der Waals surface area contributed by atoms with Crippen molar-refractivity contribution in [1.29, 1.82) is 0 Å². The lowest BCUT2D eigenvalue weighted by molar-refractivity contribution is -0.143. The van der Waals surface area contributed by atoms with Gasteiger partial charge in [0.15, 0.2) is 0 Å². The largest absolute Gasteiger partial charge is 0.481 e. The summed E-state index contributed by atoms with van der Waals surface area (Å²) < 4.78 is 5.88. The van der Waals surface area contributed by atoms with Crippen LogP contribution < -0.4 is 0 Å². The third-order valence-electron chi connectivity index (χ3n) is 7.61. The van der Waals surface area contributed by atoms with E-state index in [0.717, 1.165) is 57.5 Å². The van der Waals surface area contributed by atoms with E-state index < -0.39 is 5.97 Å². The van der Waals surface area contributed by atoms with Gasteiger partial charge in [-0.05, 0) is 104 Å². The van der Waals surface area contributed by atoms with E-state index in [1.165, 1.54) is 54.0 Å². The number of fused-ring (bicyclic) bond motifs is 1. The summed E-state index contributed by atoms with van der Waals surface area (Å²) in [4.78, 5) is 13.6. The zero-order valence-electron chi connectivity index (χ0n) is 20.5. The molecule has 2 aromatic rings. The van der Waals surface area contributed by atoms with Gasteiger partial charge in [0.25, 0.3) is 0 Å². The van der Waals surface area contributed by atoms with Gasteiger partial charge < -0.3 is 9.84 Å². The molecule has 180 valence electrons. The van der Waals surface area contributed by atoms with Crippen LogP contribution in [-0.2, 0) is 22.5 Å². The van der Waals surface area contributed by atoms with Gasteiger partial charge in [0.2, 0.25) is 0 Å². The van der Waals surface area contributed by atoms with Crippen LogP contribution in [0.2, 0.25) is 0 Å². The molecule has 0 bridgehead atoms. The topological polar surface area (TPSA) is 49.8 Å². The number of rotatable bonds is 9. The molecule has 4 rings (SSSR count). The number of hydrogen-bond donors (Lipinski definition) is 1. The summed E-state index contributed by atoms with van der Waals surface area (Å²) in [5, 5.41) is 11.8. The third-order valence-corrected chi connectivity index (χ3v) is 7.61. The highest BCUT2D eigenvalue weighted by Crippen LogP contribution is 2.32. The molecule has 1 N–H and O–H groups in total. The highest BCUT2D eigenvalue weighted by atomic mass is 16.5. The number of carbonyl (C=O) groups is 1. The molecule has 1 saturated carbocycles. The van der Waals surface area contributed by atoms with Crippen LogP contribution in [0.3, 0.4) is 0 Å². The van der Waals surface area contributed by atoms with Gasteiger partial charge in [-0.25, -0.2) is 0 Å². The number of benzene rings is 2. The van der Waals surface area contributed by atoms with Crippen LogP contribution in [0.1, 0.15) is 63.5 Å². The van der Waals surface area contributed by atoms with Crippen molar-refractivity contribution < 1.29 is 14.6 Å². The average Bonchev–Trinajstić information content (AvgIpc) is 2.80. The van der Waals surface area contributed by atoms with Crippen LogP contribution in [0.4, 0.5) is 0 Å². The normalized spacial score (nSPS) is 22.8. The molecule has 0 unspecified atom stereocenters. The van der Waals surface area contributed by atoms with Gasteiger partial charge in [-0.1, -0.05) is 44.2 Å². The van der Waals surface area contributed by atoms with E-state index in [1.54, 1.807) is 0 Å². The fourth-order valence-electron chi connectivity index (χ4n) is 5.57. The SMILES string of the molecule is CC(C)COC[C@H]1CC[C@H](Cc2ccc3cc(CN4CCC(C(=O)O)CC4)ccc3c2)CC1. The van der Waals surface area contributed by atoms with Crippen molar-refractivity contribution in [3.63, 3.8) is 0 Å². The summed E-state index contributed by atoms with van der Waals surface area (Å²) in [6.07, 6.45) is 7.98. The van der Waals surface area contributed by atoms with Crippen LogP contribution >= 0.6 is 0 Å². The molecular formula is C29H41NO3. The zero-order chi connectivity index (χ0) is 23.2. The average molecular weight is 452 g/mol. The second kappa shape index (κ2) is 11.5. The molecule has 1 heterocycles. The molecule has 0 amide bonds. The molecule has 0 radical (unpaired) electrons. The Bertz CT molecular complexity index is 908. The van der Waals surface area contributed by atoms with E-state index in [1.807, 2.05) is 0 Å². The minimum Gasteiger partial charge on any atom is -0.481 e. The lowest BCUT2D eigenvalue weighted by atomic mass is 9.79. The van der Waals surface area contributed by atoms with Gasteiger partial charge in [0, 0.05) is 19.8 Å². The molecule has 33 heavy (non-hydrogen) atoms. The Morgan fingerprint density at radius 1 is 0.939 bits per heavy atom. The number of aliphatic carboxylic acids is 1. The molecule has 2 fully saturated rings. The smallest absolute Gasteiger partial charge is 0.306 e. The Morgan fingerprint density at radius 3 is 2.18 bits per heavy atom. The van der Waals surface area contributed by atoms with Crippen molar-refractivity contribution in [2.75, 3.05) is 26.3 Å². The maximum atomic E-state index is 11.2. The van der Waals surface area contributed by atoms with Crippen molar-refractivity contribution >= 4 is 16.7 Å². The van der Waals surface area contributed by atoms with Gasteiger partial charge in [0.1, 0.15) is 0 Å². The number of piperidine rings is 1. The van der Waals surface area contributed by atoms with Gasteiger partial charge in [-0.3, -0.25) is 9.69 Å². The fourth-order valence-corrected chi connectivity index (χ4v) is 5.57. The molecular weight excluding hydrogens is 410 g/mol. The van der Waals surface area contributed by atoms with Gasteiger partial charge in [-0.15, -0.1) is 0 Å². The maximum Gasteiger partial charge on any atom is 0.306 e. The van der Waals surface area contributed by atoms with Crippen molar-refractivity contribution in [2.45, 2.75) is 65.3 Å². The lowest BCUT2D eigenvalue weighted by Crippen LogP contribution is -2.35. The van der Waals surface area contributed by atoms with Gasteiger partial charge in [-0.2, -0.15) is 0 Å². The monoisotopic (exact) mass is 451 g/mol. The van der Waals surface area contributed by atoms with Crippen LogP contribution in [0.15, 0.2) is 36.4 Å². The molecule has 0 aromatic heterocycles. The first kappa shape index (κ1) is 24.2. The second-order valence-electron chi connectivity index (χ2n) is 10.9. The molecule has 0 spiro atoms. The predicted molar refractivity (Wildman–Crippen MR) is 134 cm³/mol. The Kier molecular flexibility index (Phi) is 8.43. The molecule has 1 saturated heterocycles. The van der Waals surface area contributed by atoms with Gasteiger partial charge >= 0.3 is 5.97 Å². The molecule has 4 nitrogen and oxygen atoms in total. The third kappa shape index (κ3) is 7.04. The highest BCUT2D eigenvalue weighted by molar-refractivity contribution is 5.83. The summed E-state index contributed by atoms with van der Waals surface area (Å²) in [6.45, 7) is 8.93. The van der Waals surface area contributed by atoms with Crippen molar-refractivity contribution in [1.82, 2.24) is 4.90 Å². The van der Waals surface area contributed by atoms with E-state index in [9.17, 15) is 9.90 Å². The first-order valence-corrected chi connectivity index (χ1v) is 13.0. The summed E-state index contributed by atoms with van der Waals surface area (Å²) in [6, 6.07) is 13.8. The first-order valence-electron chi connectivity index (χ1n) is 13.0. The van der Waals surface area contributed by atoms with Crippen molar-refractivity contribution in [2.24, 2.45) is 23.7 Å². The van der Waals surface area contributed by atoms with E-state index in [4.69, 9.17) is 4.74 Å². The van der Waals surface area contributed by atoms with Crippen LogP contribution in [0.25, 0.3) is 10.8 Å². The summed E-state index contributed by atoms with van der Waals surface area (Å²) in [7, 11) is 0. The molecule has 0 atom stereocenters.